The molecular weight excluding hydrogens is 724 g/mol. The SMILES string of the molecule is C=CCC(=O)OCC(O)(COC(=O)CC=C)COC(=O)C/C=C/c1ccc2c(c1O)C(=O)C1=C(O)[C@]3(O)C(=O)C(C(N)=O)=C(O)[C@@H](N(C)C)[C@@H]3[C@@H](O)[C@@H]1[C@H]2C. The van der Waals surface area contributed by atoms with Crippen molar-refractivity contribution in [1.29, 1.82) is 0 Å². The molecule has 0 radical (unpaired) electrons. The molecule has 8 N–H and O–H groups in total. The summed E-state index contributed by atoms with van der Waals surface area (Å²) in [5.74, 6) is -12.6. The van der Waals surface area contributed by atoms with E-state index in [4.69, 9.17) is 19.9 Å². The molecule has 4 rings (SSSR count). The number of phenols is 1. The highest BCUT2D eigenvalue weighted by atomic mass is 16.6. The fourth-order valence-corrected chi connectivity index (χ4v) is 7.24. The molecule has 0 aromatic heterocycles. The number of nitrogens with zero attached hydrogens (tertiary/aromatic N) is 1. The molecule has 0 saturated carbocycles. The van der Waals surface area contributed by atoms with E-state index in [0.717, 1.165) is 0 Å². The Bertz CT molecular complexity index is 1880. The summed E-state index contributed by atoms with van der Waals surface area (Å²) in [5.41, 5.74) is -1.47. The molecule has 0 spiro atoms. The summed E-state index contributed by atoms with van der Waals surface area (Å²) in [6.07, 6.45) is 2.56. The summed E-state index contributed by atoms with van der Waals surface area (Å²) in [7, 11) is 2.87. The topological polar surface area (TPSA) is 281 Å². The minimum absolute atomic E-state index is 0.0173. The van der Waals surface area contributed by atoms with Gasteiger partial charge in [0.15, 0.2) is 17.0 Å². The van der Waals surface area contributed by atoms with Gasteiger partial charge in [0.25, 0.3) is 5.91 Å². The van der Waals surface area contributed by atoms with Crippen LogP contribution in [0.3, 0.4) is 0 Å². The van der Waals surface area contributed by atoms with Gasteiger partial charge >= 0.3 is 17.9 Å². The fourth-order valence-electron chi connectivity index (χ4n) is 7.24. The van der Waals surface area contributed by atoms with Crippen molar-refractivity contribution >= 4 is 41.5 Å². The first kappa shape index (κ1) is 42.1. The standard InChI is InChI=1S/C38H44N2O15/c1-6-9-21(41)53-15-37(51,16-54-22(42)10-7-2)17-55-23(43)12-8-11-19-13-14-20-18(3)24-26(31(45)25(20)30(19)44)34(48)38(52)28(32(24)46)29(40(4)5)33(47)27(35(38)49)36(39)50/h6-8,11,13-14,18,24,28-29,32,44,46-48,51-52H,1-2,9-10,12,15-17H2,3-5H3,(H2,39,50)/b11-8+/t18-,24+,28+,29-,32-,38-/m0/s1. The number of aliphatic hydroxyl groups excluding tert-OH is 3. The van der Waals surface area contributed by atoms with Crippen molar-refractivity contribution in [3.8, 4) is 5.75 Å². The van der Waals surface area contributed by atoms with Gasteiger partial charge in [0.05, 0.1) is 42.9 Å². The molecule has 1 amide bonds. The van der Waals surface area contributed by atoms with Gasteiger partial charge in [0.1, 0.15) is 42.7 Å². The van der Waals surface area contributed by atoms with E-state index < -0.39 is 131 Å². The van der Waals surface area contributed by atoms with Crippen LogP contribution in [-0.2, 0) is 38.2 Å². The van der Waals surface area contributed by atoms with Crippen LogP contribution in [0.1, 0.15) is 53.6 Å². The van der Waals surface area contributed by atoms with Gasteiger partial charge in [-0.15, -0.1) is 13.2 Å². The Morgan fingerprint density at radius 2 is 1.47 bits per heavy atom. The smallest absolute Gasteiger partial charge is 0.309 e. The van der Waals surface area contributed by atoms with E-state index in [1.807, 2.05) is 0 Å². The summed E-state index contributed by atoms with van der Waals surface area (Å²) in [4.78, 5) is 77.5. The van der Waals surface area contributed by atoms with Crippen molar-refractivity contribution < 1.29 is 73.6 Å². The molecule has 0 aliphatic heterocycles. The van der Waals surface area contributed by atoms with Crippen molar-refractivity contribution in [1.82, 2.24) is 4.90 Å². The number of likely N-dealkylation sites (N-methyl/N-ethyl adjacent to an activating group) is 1. The van der Waals surface area contributed by atoms with Crippen molar-refractivity contribution in [2.75, 3.05) is 33.9 Å². The summed E-state index contributed by atoms with van der Waals surface area (Å²) in [5, 5.41) is 68.3. The maximum Gasteiger partial charge on any atom is 0.309 e. The highest BCUT2D eigenvalue weighted by Gasteiger charge is 2.67. The lowest BCUT2D eigenvalue weighted by atomic mass is 9.55. The number of nitrogens with two attached hydrogens (primary N) is 1. The third kappa shape index (κ3) is 7.82. The van der Waals surface area contributed by atoms with Crippen LogP contribution in [0, 0.1) is 11.8 Å². The van der Waals surface area contributed by atoms with Gasteiger partial charge < -0.3 is 50.6 Å². The van der Waals surface area contributed by atoms with Crippen LogP contribution in [0.5, 0.6) is 5.75 Å². The Balaban J connectivity index is 1.60. The third-order valence-electron chi connectivity index (χ3n) is 9.87. The lowest BCUT2D eigenvalue weighted by molar-refractivity contribution is -0.174. The fraction of sp³-hybridized carbons (Fsp3) is 0.421. The van der Waals surface area contributed by atoms with Crippen LogP contribution in [0.25, 0.3) is 6.08 Å². The van der Waals surface area contributed by atoms with Gasteiger partial charge in [-0.2, -0.15) is 0 Å². The molecule has 0 saturated heterocycles. The van der Waals surface area contributed by atoms with Crippen LogP contribution in [0.2, 0.25) is 0 Å². The van der Waals surface area contributed by atoms with Gasteiger partial charge in [-0.05, 0) is 25.6 Å². The number of ether oxygens (including phenoxy) is 3. The van der Waals surface area contributed by atoms with Gasteiger partial charge in [0, 0.05) is 17.1 Å². The number of aliphatic hydroxyl groups is 5. The molecule has 17 heteroatoms. The number of rotatable bonds is 15. The first-order valence-electron chi connectivity index (χ1n) is 17.0. The number of ketones is 2. The van der Waals surface area contributed by atoms with E-state index in [9.17, 15) is 59.4 Å². The van der Waals surface area contributed by atoms with Crippen LogP contribution < -0.4 is 5.73 Å². The number of fused-ring (bicyclic) bond motifs is 3. The van der Waals surface area contributed by atoms with Crippen LogP contribution in [0.15, 0.2) is 66.2 Å². The lowest BCUT2D eigenvalue weighted by Crippen LogP contribution is -2.68. The van der Waals surface area contributed by atoms with Crippen molar-refractivity contribution in [2.24, 2.45) is 17.6 Å². The van der Waals surface area contributed by atoms with Crippen molar-refractivity contribution in [3.63, 3.8) is 0 Å². The number of carbonyl (C=O) groups excluding carboxylic acids is 6. The highest BCUT2D eigenvalue weighted by molar-refractivity contribution is 6.25. The first-order chi connectivity index (χ1) is 25.8. The predicted molar refractivity (Wildman–Crippen MR) is 191 cm³/mol. The average molecular weight is 769 g/mol. The van der Waals surface area contributed by atoms with Gasteiger partial charge in [-0.1, -0.05) is 43.4 Å². The van der Waals surface area contributed by atoms with E-state index in [0.29, 0.717) is 0 Å². The highest BCUT2D eigenvalue weighted by Crippen LogP contribution is 2.55. The molecule has 55 heavy (non-hydrogen) atoms. The van der Waals surface area contributed by atoms with Crippen LogP contribution >= 0.6 is 0 Å². The average Bonchev–Trinajstić information content (AvgIpc) is 3.11. The zero-order chi connectivity index (χ0) is 41.2. The normalized spacial score (nSPS) is 24.9. The summed E-state index contributed by atoms with van der Waals surface area (Å²) < 4.78 is 15.1. The molecular formula is C38H44N2O15. The lowest BCUT2D eigenvalue weighted by Gasteiger charge is -2.53. The second kappa shape index (κ2) is 16.4. The Morgan fingerprint density at radius 1 is 0.945 bits per heavy atom. The third-order valence-corrected chi connectivity index (χ3v) is 9.87. The molecule has 3 aliphatic rings. The number of hydrogen-bond donors (Lipinski definition) is 7. The van der Waals surface area contributed by atoms with Gasteiger partial charge in [-0.25, -0.2) is 0 Å². The minimum atomic E-state index is -3.07. The second-order valence-corrected chi connectivity index (χ2v) is 13.8. The number of hydrogen-bond acceptors (Lipinski definition) is 16. The first-order valence-corrected chi connectivity index (χ1v) is 17.0. The quantitative estimate of drug-likeness (QED) is 0.0556. The van der Waals surface area contributed by atoms with Crippen molar-refractivity contribution in [2.45, 2.75) is 55.5 Å². The number of primary amides is 1. The molecule has 0 fully saturated rings. The van der Waals surface area contributed by atoms with Gasteiger partial charge in [-0.3, -0.25) is 33.7 Å². The van der Waals surface area contributed by atoms with Crippen molar-refractivity contribution in [3.05, 3.63) is 82.9 Å². The Morgan fingerprint density at radius 3 is 1.96 bits per heavy atom. The minimum Gasteiger partial charge on any atom is -0.510 e. The zero-order valence-electron chi connectivity index (χ0n) is 30.4. The number of Topliss-reactive ketones (excluding diaryl/α,β-unsaturated/α-hetero) is 2. The van der Waals surface area contributed by atoms with E-state index in [1.165, 1.54) is 55.4 Å². The van der Waals surface area contributed by atoms with Crippen LogP contribution in [0.4, 0.5) is 0 Å². The zero-order valence-corrected chi connectivity index (χ0v) is 30.4. The van der Waals surface area contributed by atoms with Gasteiger partial charge in [0.2, 0.25) is 5.78 Å². The molecule has 3 aliphatic carbocycles. The van der Waals surface area contributed by atoms with E-state index in [-0.39, 0.29) is 29.5 Å². The molecule has 6 atom stereocenters. The summed E-state index contributed by atoms with van der Waals surface area (Å²) in [6.45, 7) is 6.30. The molecule has 0 unspecified atom stereocenters. The Hall–Kier alpha value is -5.62. The van der Waals surface area contributed by atoms with E-state index in [1.54, 1.807) is 6.92 Å². The molecule has 1 aromatic rings. The second-order valence-electron chi connectivity index (χ2n) is 13.8. The Kier molecular flexibility index (Phi) is 12.6. The predicted octanol–water partition coefficient (Wildman–Crippen LogP) is 0.569. The largest absolute Gasteiger partial charge is 0.510 e. The maximum absolute atomic E-state index is 14.1. The summed E-state index contributed by atoms with van der Waals surface area (Å²) in [6, 6.07) is 1.51. The number of aromatic hydroxyl groups is 1. The summed E-state index contributed by atoms with van der Waals surface area (Å²) >= 11 is 0. The van der Waals surface area contributed by atoms with E-state index >= 15 is 0 Å². The van der Waals surface area contributed by atoms with Crippen LogP contribution in [-0.4, -0.2) is 128 Å². The molecule has 296 valence electrons. The number of esters is 3. The number of amides is 1. The molecule has 0 bridgehead atoms. The number of carbonyl (C=O) groups is 6. The monoisotopic (exact) mass is 768 g/mol. The molecule has 17 nitrogen and oxygen atoms in total. The molecule has 0 heterocycles. The van der Waals surface area contributed by atoms with E-state index in [2.05, 4.69) is 13.2 Å². The Labute approximate surface area is 315 Å². The molecule has 1 aromatic carbocycles. The maximum atomic E-state index is 14.1. The number of phenolic OH excluding ortho intramolecular Hbond substituents is 1. The number of benzene rings is 1.